The maximum atomic E-state index is 13.2. The van der Waals surface area contributed by atoms with Gasteiger partial charge in [-0.25, -0.2) is 0 Å². The van der Waals surface area contributed by atoms with Crippen LogP contribution in [0.2, 0.25) is 0 Å². The Labute approximate surface area is 122 Å². The highest BCUT2D eigenvalue weighted by Crippen LogP contribution is 2.45. The van der Waals surface area contributed by atoms with E-state index in [1.54, 1.807) is 37.3 Å². The summed E-state index contributed by atoms with van der Waals surface area (Å²) in [5, 5.41) is 3.61. The van der Waals surface area contributed by atoms with Gasteiger partial charge in [0.25, 0.3) is 5.89 Å². The van der Waals surface area contributed by atoms with Crippen LogP contribution in [-0.2, 0) is 6.18 Å². The number of benzene rings is 1. The van der Waals surface area contributed by atoms with Crippen molar-refractivity contribution in [2.75, 3.05) is 0 Å². The van der Waals surface area contributed by atoms with Gasteiger partial charge < -0.3 is 4.52 Å². The van der Waals surface area contributed by atoms with Gasteiger partial charge >= 0.3 is 6.18 Å². The van der Waals surface area contributed by atoms with E-state index in [0.29, 0.717) is 27.6 Å². The van der Waals surface area contributed by atoms with E-state index in [4.69, 9.17) is 4.52 Å². The van der Waals surface area contributed by atoms with Crippen LogP contribution in [0.15, 0.2) is 40.9 Å². The van der Waals surface area contributed by atoms with Crippen LogP contribution in [0, 0.1) is 6.92 Å². The molecular formula is C14H9F3N2OS. The molecule has 0 aliphatic carbocycles. The van der Waals surface area contributed by atoms with Crippen LogP contribution < -0.4 is 0 Å². The van der Waals surface area contributed by atoms with Crippen molar-refractivity contribution in [3.63, 3.8) is 0 Å². The molecule has 3 nitrogen and oxygen atoms in total. The molecule has 0 amide bonds. The van der Waals surface area contributed by atoms with Gasteiger partial charge in [-0.3, -0.25) is 0 Å². The number of hydrogen-bond acceptors (Lipinski definition) is 4. The zero-order valence-corrected chi connectivity index (χ0v) is 11.6. The Kier molecular flexibility index (Phi) is 3.29. The highest BCUT2D eigenvalue weighted by Gasteiger charge is 2.37. The zero-order valence-electron chi connectivity index (χ0n) is 10.8. The number of aromatic nitrogens is 2. The molecule has 3 rings (SSSR count). The topological polar surface area (TPSA) is 38.9 Å². The van der Waals surface area contributed by atoms with Crippen LogP contribution in [0.25, 0.3) is 21.9 Å². The normalized spacial score (nSPS) is 11.8. The van der Waals surface area contributed by atoms with Gasteiger partial charge in [-0.2, -0.15) is 18.2 Å². The van der Waals surface area contributed by atoms with Crippen LogP contribution in [0.4, 0.5) is 13.2 Å². The van der Waals surface area contributed by atoms with E-state index in [0.717, 1.165) is 0 Å². The van der Waals surface area contributed by atoms with Crippen molar-refractivity contribution in [1.82, 2.24) is 10.1 Å². The number of thiophene rings is 1. The van der Waals surface area contributed by atoms with Crippen molar-refractivity contribution in [2.24, 2.45) is 0 Å². The molecule has 0 bridgehead atoms. The Bertz CT molecular complexity index is 762. The molecule has 1 aromatic carbocycles. The van der Waals surface area contributed by atoms with Gasteiger partial charge in [-0.05, 0) is 18.6 Å². The van der Waals surface area contributed by atoms with E-state index < -0.39 is 11.1 Å². The van der Waals surface area contributed by atoms with Crippen molar-refractivity contribution in [3.8, 4) is 21.9 Å². The van der Waals surface area contributed by atoms with Crippen molar-refractivity contribution < 1.29 is 17.7 Å². The fraction of sp³-hybridized carbons (Fsp3) is 0.143. The smallest absolute Gasteiger partial charge is 0.333 e. The summed E-state index contributed by atoms with van der Waals surface area (Å²) in [4.78, 5) is 3.62. The molecule has 0 N–H and O–H groups in total. The monoisotopic (exact) mass is 310 g/mol. The highest BCUT2D eigenvalue weighted by atomic mass is 32.1. The van der Waals surface area contributed by atoms with Crippen LogP contribution in [-0.4, -0.2) is 10.1 Å². The molecular weight excluding hydrogens is 301 g/mol. The van der Waals surface area contributed by atoms with Gasteiger partial charge in [-0.15, -0.1) is 11.3 Å². The third-order valence-electron chi connectivity index (χ3n) is 2.81. The van der Waals surface area contributed by atoms with Crippen LogP contribution >= 0.6 is 11.3 Å². The lowest BCUT2D eigenvalue weighted by Gasteiger charge is -2.07. The molecule has 7 heteroatoms. The second kappa shape index (κ2) is 5.00. The van der Waals surface area contributed by atoms with E-state index >= 15 is 0 Å². The molecule has 0 unspecified atom stereocenters. The Morgan fingerprint density at radius 3 is 2.43 bits per heavy atom. The first-order valence-corrected chi connectivity index (χ1v) is 6.84. The summed E-state index contributed by atoms with van der Waals surface area (Å²) < 4.78 is 44.6. The van der Waals surface area contributed by atoms with Gasteiger partial charge in [0, 0.05) is 5.56 Å². The molecule has 0 fully saturated rings. The van der Waals surface area contributed by atoms with E-state index in [1.807, 2.05) is 0 Å². The third kappa shape index (κ3) is 2.69. The Morgan fingerprint density at radius 2 is 1.86 bits per heavy atom. The molecule has 0 atom stereocenters. The molecule has 0 radical (unpaired) electrons. The predicted octanol–water partition coefficient (Wildman–Crippen LogP) is 4.79. The third-order valence-corrected chi connectivity index (χ3v) is 3.98. The minimum atomic E-state index is -4.43. The lowest BCUT2D eigenvalue weighted by atomic mass is 10.1. The van der Waals surface area contributed by atoms with Crippen LogP contribution in [0.5, 0.6) is 0 Å². The summed E-state index contributed by atoms with van der Waals surface area (Å²) in [5.41, 5.74) is 0.627. The second-order valence-corrected chi connectivity index (χ2v) is 5.42. The van der Waals surface area contributed by atoms with Crippen molar-refractivity contribution in [3.05, 3.63) is 47.1 Å². The fourth-order valence-corrected chi connectivity index (χ4v) is 2.91. The van der Waals surface area contributed by atoms with Gasteiger partial charge in [-0.1, -0.05) is 35.5 Å². The summed E-state index contributed by atoms with van der Waals surface area (Å²) in [5.74, 6) is 0.485. The van der Waals surface area contributed by atoms with Crippen molar-refractivity contribution in [1.29, 1.82) is 0 Å². The summed E-state index contributed by atoms with van der Waals surface area (Å²) in [6.07, 6.45) is -4.43. The molecule has 0 aliphatic rings. The van der Waals surface area contributed by atoms with Gasteiger partial charge in [0.15, 0.2) is 5.82 Å². The Hall–Kier alpha value is -2.15. The van der Waals surface area contributed by atoms with E-state index in [9.17, 15) is 13.2 Å². The Morgan fingerprint density at radius 1 is 1.14 bits per heavy atom. The lowest BCUT2D eigenvalue weighted by molar-refractivity contribution is -0.133. The number of alkyl halides is 3. The molecule has 2 aromatic heterocycles. The number of hydrogen-bond donors (Lipinski definition) is 0. The maximum absolute atomic E-state index is 13.2. The number of rotatable bonds is 2. The molecule has 0 aliphatic heterocycles. The lowest BCUT2D eigenvalue weighted by Crippen LogP contribution is -2.03. The molecule has 2 heterocycles. The first kappa shape index (κ1) is 13.8. The average molecular weight is 310 g/mol. The largest absolute Gasteiger partial charge is 0.426 e. The van der Waals surface area contributed by atoms with E-state index in [-0.39, 0.29) is 11.5 Å². The Balaban J connectivity index is 2.17. The van der Waals surface area contributed by atoms with Gasteiger partial charge in [0.2, 0.25) is 0 Å². The SMILES string of the molecule is Cc1noc(-c2cc(-c3ccccc3)c(C(F)(F)F)s2)n1. The first-order chi connectivity index (χ1) is 9.95. The van der Waals surface area contributed by atoms with Gasteiger partial charge in [0.05, 0.1) is 4.88 Å². The predicted molar refractivity (Wildman–Crippen MR) is 72.8 cm³/mol. The molecule has 21 heavy (non-hydrogen) atoms. The number of aryl methyl sites for hydroxylation is 1. The first-order valence-electron chi connectivity index (χ1n) is 6.02. The summed E-state index contributed by atoms with van der Waals surface area (Å²) >= 11 is 0.606. The highest BCUT2D eigenvalue weighted by molar-refractivity contribution is 7.16. The number of nitrogens with zero attached hydrogens (tertiary/aromatic N) is 2. The van der Waals surface area contributed by atoms with Crippen molar-refractivity contribution >= 4 is 11.3 Å². The standard InChI is InChI=1S/C14H9F3N2OS/c1-8-18-13(20-19-8)11-7-10(9-5-3-2-4-6-9)12(21-11)14(15,16)17/h2-7H,1H3. The fourth-order valence-electron chi connectivity index (χ4n) is 1.94. The quantitative estimate of drug-likeness (QED) is 0.683. The van der Waals surface area contributed by atoms with Gasteiger partial charge in [0.1, 0.15) is 4.88 Å². The number of halogens is 3. The van der Waals surface area contributed by atoms with Crippen LogP contribution in [0.1, 0.15) is 10.7 Å². The minimum absolute atomic E-state index is 0.102. The average Bonchev–Trinajstić information content (AvgIpc) is 3.05. The van der Waals surface area contributed by atoms with E-state index in [2.05, 4.69) is 10.1 Å². The molecule has 0 spiro atoms. The summed E-state index contributed by atoms with van der Waals surface area (Å²) in [7, 11) is 0. The molecule has 108 valence electrons. The maximum Gasteiger partial charge on any atom is 0.426 e. The molecule has 3 aromatic rings. The summed E-state index contributed by atoms with van der Waals surface area (Å²) in [6.45, 7) is 1.61. The zero-order chi connectivity index (χ0) is 15.0. The van der Waals surface area contributed by atoms with Crippen LogP contribution in [0.3, 0.4) is 0 Å². The second-order valence-electron chi connectivity index (χ2n) is 4.36. The summed E-state index contributed by atoms with van der Waals surface area (Å²) in [6, 6.07) is 9.87. The molecule has 0 saturated heterocycles. The van der Waals surface area contributed by atoms with Crippen molar-refractivity contribution in [2.45, 2.75) is 13.1 Å². The minimum Gasteiger partial charge on any atom is -0.333 e. The molecule has 0 saturated carbocycles. The van der Waals surface area contributed by atoms with E-state index in [1.165, 1.54) is 6.07 Å².